The van der Waals surface area contributed by atoms with Gasteiger partial charge in [-0.25, -0.2) is 4.68 Å². The number of nitrogens with one attached hydrogen (secondary N) is 1. The third-order valence-electron chi connectivity index (χ3n) is 11.0. The zero-order valence-corrected chi connectivity index (χ0v) is 29.5. The first-order valence-electron chi connectivity index (χ1n) is 18.1. The Kier molecular flexibility index (Phi) is 9.16. The van der Waals surface area contributed by atoms with Crippen LogP contribution in [-0.2, 0) is 31.0 Å². The van der Waals surface area contributed by atoms with Gasteiger partial charge in [0.2, 0.25) is 0 Å². The minimum Gasteiger partial charge on any atom is -0.851 e. The molecular formula is C45H38F3N3O3-2. The van der Waals surface area contributed by atoms with E-state index < -0.39 is 52.5 Å². The molecule has 0 spiro atoms. The SMILES string of the molecule is Cc1ccc2c(c1)C(Cc1ccccc1)(Cc1ccccc1)C(=CC1C([O-])C(c3c(C(F)(F)F)[nH]n(-c4ccccc4)c3=O)C1[O-])N2Cc1ccccc1. The van der Waals surface area contributed by atoms with Crippen molar-refractivity contribution in [3.63, 3.8) is 0 Å². The summed E-state index contributed by atoms with van der Waals surface area (Å²) in [4.78, 5) is 15.9. The molecule has 5 aromatic carbocycles. The van der Waals surface area contributed by atoms with Crippen LogP contribution in [0.4, 0.5) is 18.9 Å². The Labute approximate surface area is 311 Å². The molecule has 9 heteroatoms. The highest BCUT2D eigenvalue weighted by molar-refractivity contribution is 5.73. The van der Waals surface area contributed by atoms with Crippen LogP contribution in [-0.4, -0.2) is 22.0 Å². The second-order valence-electron chi connectivity index (χ2n) is 14.5. The number of benzene rings is 5. The smallest absolute Gasteiger partial charge is 0.433 e. The van der Waals surface area contributed by atoms with Gasteiger partial charge in [0.15, 0.2) is 0 Å². The largest absolute Gasteiger partial charge is 0.851 e. The number of hydrogen-bond acceptors (Lipinski definition) is 4. The van der Waals surface area contributed by atoms with Gasteiger partial charge in [0.25, 0.3) is 5.56 Å². The number of H-pyrrole nitrogens is 1. The van der Waals surface area contributed by atoms with Gasteiger partial charge in [0.1, 0.15) is 5.69 Å². The van der Waals surface area contributed by atoms with Crippen LogP contribution in [0.25, 0.3) is 5.69 Å². The summed E-state index contributed by atoms with van der Waals surface area (Å²) in [5.74, 6) is -2.88. The van der Waals surface area contributed by atoms with Gasteiger partial charge in [0.05, 0.1) is 11.3 Å². The van der Waals surface area contributed by atoms with Crippen LogP contribution in [0.2, 0.25) is 0 Å². The molecule has 1 aromatic heterocycles. The van der Waals surface area contributed by atoms with Gasteiger partial charge < -0.3 is 15.1 Å². The highest BCUT2D eigenvalue weighted by Gasteiger charge is 2.50. The van der Waals surface area contributed by atoms with Crippen molar-refractivity contribution in [2.45, 2.75) is 56.0 Å². The van der Waals surface area contributed by atoms with Gasteiger partial charge in [-0.1, -0.05) is 133 Å². The molecule has 2 atom stereocenters. The number of para-hydroxylation sites is 1. The molecule has 0 bridgehead atoms. The topological polar surface area (TPSA) is 87.1 Å². The molecule has 0 saturated heterocycles. The molecule has 1 fully saturated rings. The lowest BCUT2D eigenvalue weighted by atomic mass is 9.63. The van der Waals surface area contributed by atoms with Crippen molar-refractivity contribution in [3.8, 4) is 5.69 Å². The lowest BCUT2D eigenvalue weighted by Gasteiger charge is -2.60. The molecule has 6 nitrogen and oxygen atoms in total. The first-order chi connectivity index (χ1) is 26.0. The molecule has 54 heavy (non-hydrogen) atoms. The molecule has 0 amide bonds. The monoisotopic (exact) mass is 725 g/mol. The fourth-order valence-corrected chi connectivity index (χ4v) is 8.45. The van der Waals surface area contributed by atoms with Crippen LogP contribution in [0.1, 0.15) is 45.0 Å². The molecule has 0 radical (unpaired) electrons. The van der Waals surface area contributed by atoms with E-state index in [0.29, 0.717) is 19.4 Å². The van der Waals surface area contributed by atoms with Crippen molar-refractivity contribution in [3.05, 3.63) is 201 Å². The lowest BCUT2D eigenvalue weighted by Crippen LogP contribution is -2.66. The number of nitrogens with zero attached hydrogens (tertiary/aromatic N) is 2. The normalized spacial score (nSPS) is 21.2. The summed E-state index contributed by atoms with van der Waals surface area (Å²) in [6.45, 7) is 2.48. The van der Waals surface area contributed by atoms with Crippen molar-refractivity contribution >= 4 is 5.69 Å². The van der Waals surface area contributed by atoms with E-state index >= 15 is 0 Å². The van der Waals surface area contributed by atoms with E-state index in [1.54, 1.807) is 24.3 Å². The average molecular weight is 726 g/mol. The van der Waals surface area contributed by atoms with Crippen molar-refractivity contribution in [1.29, 1.82) is 0 Å². The van der Waals surface area contributed by atoms with Crippen LogP contribution in [0.3, 0.4) is 0 Å². The Morgan fingerprint density at radius 3 is 1.80 bits per heavy atom. The molecule has 1 N–H and O–H groups in total. The number of aromatic nitrogens is 2. The van der Waals surface area contributed by atoms with Crippen LogP contribution < -0.4 is 20.7 Å². The standard InChI is InChI=1S/C45H38F3N3O3/c1-29-22-23-36-35(24-29)44(26-30-14-6-2-7-15-30,27-31-16-8-3-9-17-31)37(50(36)28-32-18-10-4-11-19-32)25-34-40(52)38(41(34)53)39-42(45(46,47)48)49-51(43(39)54)33-20-12-5-13-21-33/h2-25,34,38,40-41,49H,26-28H2,1H3/q-2. The van der Waals surface area contributed by atoms with E-state index in [4.69, 9.17) is 0 Å². The number of aromatic amines is 1. The Morgan fingerprint density at radius 2 is 1.26 bits per heavy atom. The third-order valence-corrected chi connectivity index (χ3v) is 11.0. The van der Waals surface area contributed by atoms with Crippen molar-refractivity contribution < 1.29 is 23.4 Å². The van der Waals surface area contributed by atoms with Gasteiger partial charge in [-0.15, -0.1) is 12.2 Å². The van der Waals surface area contributed by atoms with Crippen LogP contribution in [0.5, 0.6) is 0 Å². The first kappa shape index (κ1) is 35.4. The summed E-state index contributed by atoms with van der Waals surface area (Å²) in [5.41, 5.74) is 3.15. The molecular weight excluding hydrogens is 688 g/mol. The second kappa shape index (κ2) is 14.0. The van der Waals surface area contributed by atoms with Crippen molar-refractivity contribution in [2.75, 3.05) is 4.90 Å². The van der Waals surface area contributed by atoms with Gasteiger partial charge >= 0.3 is 6.18 Å². The molecule has 6 aromatic rings. The average Bonchev–Trinajstić information content (AvgIpc) is 3.63. The number of halogens is 3. The summed E-state index contributed by atoms with van der Waals surface area (Å²) < 4.78 is 44.3. The van der Waals surface area contributed by atoms with Gasteiger partial charge in [-0.2, -0.15) is 13.2 Å². The lowest BCUT2D eigenvalue weighted by molar-refractivity contribution is -0.543. The Bertz CT molecular complexity index is 2290. The molecule has 1 saturated carbocycles. The summed E-state index contributed by atoms with van der Waals surface area (Å²) in [5, 5.41) is 30.9. The zero-order valence-electron chi connectivity index (χ0n) is 29.5. The Balaban J connectivity index is 1.29. The molecule has 1 aliphatic carbocycles. The number of hydrogen-bond donors (Lipinski definition) is 1. The second-order valence-corrected chi connectivity index (χ2v) is 14.5. The molecule has 2 aliphatic rings. The minimum atomic E-state index is -4.99. The number of rotatable bonds is 9. The maximum atomic E-state index is 14.5. The van der Waals surface area contributed by atoms with Gasteiger partial charge in [-0.05, 0) is 72.1 Å². The summed E-state index contributed by atoms with van der Waals surface area (Å²) in [6.07, 6.45) is -5.75. The molecule has 1 aliphatic heterocycles. The number of aryl methyl sites for hydroxylation is 1. The predicted molar refractivity (Wildman–Crippen MR) is 199 cm³/mol. The highest BCUT2D eigenvalue weighted by atomic mass is 19.4. The van der Waals surface area contributed by atoms with Gasteiger partial charge in [0, 0.05) is 23.3 Å². The molecule has 2 unspecified atom stereocenters. The maximum Gasteiger partial charge on any atom is 0.433 e. The summed E-state index contributed by atoms with van der Waals surface area (Å²) in [7, 11) is 0. The van der Waals surface area contributed by atoms with Crippen LogP contribution >= 0.6 is 0 Å². The minimum absolute atomic E-state index is 0.171. The van der Waals surface area contributed by atoms with Crippen LogP contribution in [0.15, 0.2) is 156 Å². The fourth-order valence-electron chi connectivity index (χ4n) is 8.45. The van der Waals surface area contributed by atoms with Crippen molar-refractivity contribution in [2.24, 2.45) is 5.92 Å². The number of allylic oxidation sites excluding steroid dienone is 1. The fraction of sp³-hybridized carbons (Fsp3) is 0.222. The Morgan fingerprint density at radius 1 is 0.741 bits per heavy atom. The first-order valence-corrected chi connectivity index (χ1v) is 18.1. The summed E-state index contributed by atoms with van der Waals surface area (Å²) in [6, 6.07) is 44.1. The predicted octanol–water partition coefficient (Wildman–Crippen LogP) is 6.99. The molecule has 2 heterocycles. The van der Waals surface area contributed by atoms with E-state index in [2.05, 4.69) is 46.4 Å². The highest BCUT2D eigenvalue weighted by Crippen LogP contribution is 2.54. The number of fused-ring (bicyclic) bond motifs is 1. The maximum absolute atomic E-state index is 14.5. The number of alkyl halides is 3. The van der Waals surface area contributed by atoms with Crippen LogP contribution in [0, 0.1) is 12.8 Å². The van der Waals surface area contributed by atoms with Gasteiger partial charge in [-0.3, -0.25) is 9.89 Å². The Hall–Kier alpha value is -5.64. The van der Waals surface area contributed by atoms with E-state index in [1.807, 2.05) is 79.7 Å². The number of anilines is 1. The van der Waals surface area contributed by atoms with E-state index in [0.717, 1.165) is 43.9 Å². The molecule has 274 valence electrons. The zero-order chi connectivity index (χ0) is 37.6. The van der Waals surface area contributed by atoms with E-state index in [1.165, 1.54) is 12.1 Å². The summed E-state index contributed by atoms with van der Waals surface area (Å²) >= 11 is 0. The molecule has 8 rings (SSSR count). The van der Waals surface area contributed by atoms with Crippen molar-refractivity contribution in [1.82, 2.24) is 9.78 Å². The third kappa shape index (κ3) is 6.27. The van der Waals surface area contributed by atoms with E-state index in [9.17, 15) is 28.2 Å². The quantitative estimate of drug-likeness (QED) is 0.174. The van der Waals surface area contributed by atoms with E-state index in [-0.39, 0.29) is 5.69 Å².